The Morgan fingerprint density at radius 3 is 2.59 bits per heavy atom. The van der Waals surface area contributed by atoms with E-state index in [9.17, 15) is 0 Å². The summed E-state index contributed by atoms with van der Waals surface area (Å²) < 4.78 is 2.29. The van der Waals surface area contributed by atoms with Gasteiger partial charge >= 0.3 is 0 Å². The number of allylic oxidation sites excluding steroid dienone is 4. The van der Waals surface area contributed by atoms with E-state index in [-0.39, 0.29) is 11.0 Å². The van der Waals surface area contributed by atoms with Gasteiger partial charge in [0.2, 0.25) is 0 Å². The van der Waals surface area contributed by atoms with Crippen LogP contribution in [0.2, 0.25) is 0 Å². The molecule has 2 saturated carbocycles. The van der Waals surface area contributed by atoms with Gasteiger partial charge in [-0.1, -0.05) is 85.5 Å². The van der Waals surface area contributed by atoms with E-state index in [2.05, 4.69) is 137 Å². The second kappa shape index (κ2) is 8.76. The molecule has 3 aromatic carbocycles. The number of anilines is 2. The minimum atomic E-state index is -0.0823. The number of aliphatic imine (C=N–C) groups is 1. The Morgan fingerprint density at radius 1 is 1.00 bits per heavy atom. The van der Waals surface area contributed by atoms with Crippen LogP contribution < -0.4 is 10.6 Å². The van der Waals surface area contributed by atoms with E-state index in [4.69, 9.17) is 10.7 Å². The lowest BCUT2D eigenvalue weighted by atomic mass is 9.85. The first-order valence-electron chi connectivity index (χ1n) is 15.6. The summed E-state index contributed by atoms with van der Waals surface area (Å²) in [4.78, 5) is 9.57. The molecular weight excluding hydrogens is 538 g/mol. The molecule has 5 heteroatoms. The lowest BCUT2D eigenvalue weighted by Gasteiger charge is -2.31. The van der Waals surface area contributed by atoms with Gasteiger partial charge in [0.05, 0.1) is 33.8 Å². The van der Waals surface area contributed by atoms with Crippen LogP contribution in [-0.2, 0) is 5.41 Å². The molecule has 0 radical (unpaired) electrons. The van der Waals surface area contributed by atoms with E-state index in [1.807, 2.05) is 13.1 Å². The first kappa shape index (κ1) is 25.5. The highest BCUT2D eigenvalue weighted by Gasteiger charge is 2.67. The third-order valence-electron chi connectivity index (χ3n) is 10.8. The van der Waals surface area contributed by atoms with Crippen molar-refractivity contribution in [2.24, 2.45) is 16.6 Å². The SMILES string of the molecule is C=C(/C(N)=C(\N=C/C)N(C)C12C=CC=CC1C2)n1c2c(c3ccccc31)C1CC13C(=C2)N(c1ccccc1)c1ccccc13. The Labute approximate surface area is 258 Å². The topological polar surface area (TPSA) is 49.8 Å². The summed E-state index contributed by atoms with van der Waals surface area (Å²) in [6, 6.07) is 28.4. The van der Waals surface area contributed by atoms with Crippen LogP contribution in [0.15, 0.2) is 132 Å². The highest BCUT2D eigenvalue weighted by molar-refractivity contribution is 5.99. The second-order valence-electron chi connectivity index (χ2n) is 12.8. The van der Waals surface area contributed by atoms with Gasteiger partial charge in [-0.2, -0.15) is 0 Å². The van der Waals surface area contributed by atoms with Crippen molar-refractivity contribution in [2.45, 2.75) is 36.6 Å². The Hall–Kier alpha value is -5.03. The van der Waals surface area contributed by atoms with Crippen LogP contribution in [0.5, 0.6) is 0 Å². The van der Waals surface area contributed by atoms with Crippen molar-refractivity contribution in [3.8, 4) is 0 Å². The summed E-state index contributed by atoms with van der Waals surface area (Å²) in [6.07, 6.45) is 15.3. The van der Waals surface area contributed by atoms with E-state index < -0.39 is 0 Å². The minimum absolute atomic E-state index is 0.0179. The number of likely N-dealkylation sites (N-methyl/N-ethyl adjacent to an activating group) is 1. The number of benzene rings is 3. The fourth-order valence-corrected chi connectivity index (χ4v) is 8.51. The molecule has 1 aromatic heterocycles. The fraction of sp³-hybridized carbons (Fsp3) is 0.205. The molecular formula is C39H35N5. The van der Waals surface area contributed by atoms with Gasteiger partial charge in [-0.25, -0.2) is 4.99 Å². The largest absolute Gasteiger partial charge is 0.394 e. The number of rotatable bonds is 6. The van der Waals surface area contributed by atoms with Crippen LogP contribution in [0.4, 0.5) is 11.4 Å². The van der Waals surface area contributed by atoms with Gasteiger partial charge in [0.1, 0.15) is 0 Å². The van der Waals surface area contributed by atoms with Gasteiger partial charge in [0.25, 0.3) is 0 Å². The van der Waals surface area contributed by atoms with Crippen molar-refractivity contribution in [3.05, 3.63) is 144 Å². The number of nitrogens with two attached hydrogens (primary N) is 1. The molecule has 4 aromatic rings. The van der Waals surface area contributed by atoms with Crippen molar-refractivity contribution in [1.29, 1.82) is 0 Å². The molecule has 5 nitrogen and oxygen atoms in total. The first-order valence-corrected chi connectivity index (χ1v) is 15.6. The molecule has 1 spiro atoms. The van der Waals surface area contributed by atoms with Gasteiger partial charge in [-0.05, 0) is 61.2 Å². The third kappa shape index (κ3) is 3.11. The fourth-order valence-electron chi connectivity index (χ4n) is 8.51. The number of para-hydroxylation sites is 3. The summed E-state index contributed by atoms with van der Waals surface area (Å²) in [5, 5.41) is 1.28. The summed E-state index contributed by atoms with van der Waals surface area (Å²) >= 11 is 0. The van der Waals surface area contributed by atoms with Crippen molar-refractivity contribution in [3.63, 3.8) is 0 Å². The normalized spacial score (nSPS) is 27.2. The number of nitrogens with zero attached hydrogens (tertiary/aromatic N) is 4. The van der Waals surface area contributed by atoms with Crippen molar-refractivity contribution >= 4 is 40.3 Å². The van der Waals surface area contributed by atoms with E-state index in [1.165, 1.54) is 39.3 Å². The Balaban J connectivity index is 1.25. The molecule has 1 aliphatic heterocycles. The molecule has 2 fully saturated rings. The van der Waals surface area contributed by atoms with Gasteiger partial charge in [0.15, 0.2) is 5.82 Å². The quantitative estimate of drug-likeness (QED) is 0.187. The standard InChI is InChI=1S/C39H35N5/c1-4-41-37(42(3)38-21-13-12-14-26(38)23-38)36(40)25(2)43-31-19-10-8-17-28(31)35-30-24-39(30)29-18-9-11-20-32(29)44(34(39)22-33(35)43)27-15-6-5-7-16-27/h4-22,26,30H,2,23-24,40H2,1,3H3/b37-36-,41-4-. The average molecular weight is 574 g/mol. The molecule has 4 aliphatic carbocycles. The van der Waals surface area contributed by atoms with Crippen LogP contribution in [0, 0.1) is 5.92 Å². The number of fused-ring (bicyclic) bond motifs is 6. The van der Waals surface area contributed by atoms with Crippen LogP contribution in [-0.4, -0.2) is 28.3 Å². The predicted molar refractivity (Wildman–Crippen MR) is 182 cm³/mol. The van der Waals surface area contributed by atoms with Gasteiger partial charge in [-0.15, -0.1) is 0 Å². The van der Waals surface area contributed by atoms with E-state index in [0.717, 1.165) is 29.9 Å². The van der Waals surface area contributed by atoms with E-state index in [1.54, 1.807) is 0 Å². The van der Waals surface area contributed by atoms with Gasteiger partial charge < -0.3 is 20.1 Å². The van der Waals surface area contributed by atoms with Crippen molar-refractivity contribution in [2.75, 3.05) is 11.9 Å². The zero-order valence-corrected chi connectivity index (χ0v) is 25.1. The van der Waals surface area contributed by atoms with Crippen LogP contribution in [0.1, 0.15) is 42.5 Å². The van der Waals surface area contributed by atoms with Crippen molar-refractivity contribution < 1.29 is 0 Å². The second-order valence-corrected chi connectivity index (χ2v) is 12.8. The highest BCUT2D eigenvalue weighted by Crippen LogP contribution is 2.74. The smallest absolute Gasteiger partial charge is 0.154 e. The maximum absolute atomic E-state index is 7.12. The number of hydrogen-bond donors (Lipinski definition) is 1. The van der Waals surface area contributed by atoms with Crippen LogP contribution >= 0.6 is 0 Å². The van der Waals surface area contributed by atoms with Crippen LogP contribution in [0.25, 0.3) is 22.7 Å². The summed E-state index contributed by atoms with van der Waals surface area (Å²) in [6.45, 7) is 6.61. The molecule has 4 unspecified atom stereocenters. The van der Waals surface area contributed by atoms with Gasteiger partial charge in [0, 0.05) is 47.3 Å². The third-order valence-corrected chi connectivity index (χ3v) is 10.8. The number of aromatic nitrogens is 1. The highest BCUT2D eigenvalue weighted by atomic mass is 15.3. The molecule has 216 valence electrons. The van der Waals surface area contributed by atoms with Gasteiger partial charge in [-0.3, -0.25) is 0 Å². The molecule has 0 saturated heterocycles. The Kier molecular flexibility index (Phi) is 5.07. The average Bonchev–Trinajstić information content (AvgIpc) is 3.95. The van der Waals surface area contributed by atoms with E-state index in [0.29, 0.717) is 17.5 Å². The summed E-state index contributed by atoms with van der Waals surface area (Å²) in [7, 11) is 2.11. The van der Waals surface area contributed by atoms with Crippen molar-refractivity contribution in [1.82, 2.24) is 9.47 Å². The lowest BCUT2D eigenvalue weighted by Crippen LogP contribution is -2.35. The molecule has 4 atom stereocenters. The number of hydrogen-bond acceptors (Lipinski definition) is 4. The van der Waals surface area contributed by atoms with E-state index >= 15 is 0 Å². The molecule has 0 bridgehead atoms. The summed E-state index contributed by atoms with van der Waals surface area (Å²) in [5.41, 5.74) is 17.3. The zero-order valence-electron chi connectivity index (χ0n) is 25.1. The monoisotopic (exact) mass is 573 g/mol. The predicted octanol–water partition coefficient (Wildman–Crippen LogP) is 8.08. The molecule has 44 heavy (non-hydrogen) atoms. The molecule has 0 amide bonds. The molecule has 5 aliphatic rings. The Bertz CT molecular complexity index is 2060. The maximum Gasteiger partial charge on any atom is 0.154 e. The zero-order chi connectivity index (χ0) is 29.8. The lowest BCUT2D eigenvalue weighted by molar-refractivity contribution is 0.315. The Morgan fingerprint density at radius 2 is 1.77 bits per heavy atom. The van der Waals surface area contributed by atoms with Crippen LogP contribution in [0.3, 0.4) is 0 Å². The first-order chi connectivity index (χ1) is 21.5. The minimum Gasteiger partial charge on any atom is -0.394 e. The molecule has 2 heterocycles. The molecule has 2 N–H and O–H groups in total. The summed E-state index contributed by atoms with van der Waals surface area (Å²) in [5.74, 6) is 1.62. The maximum atomic E-state index is 7.12. The molecule has 9 rings (SSSR count).